The molecule has 1 atom stereocenters. The molecule has 4 rings (SSSR count). The number of piperidine rings is 1. The smallest absolute Gasteiger partial charge is 0.346 e. The normalized spacial score (nSPS) is 21.1. The maximum atomic E-state index is 13.5. The van der Waals surface area contributed by atoms with Crippen LogP contribution in [0.25, 0.3) is 16.6 Å². The van der Waals surface area contributed by atoms with Crippen molar-refractivity contribution in [3.63, 3.8) is 0 Å². The molecule has 1 saturated heterocycles. The van der Waals surface area contributed by atoms with E-state index in [1.54, 1.807) is 12.3 Å². The molecular formula is C20H21F3N4. The third-order valence-corrected chi connectivity index (χ3v) is 5.08. The molecule has 2 aliphatic heterocycles. The molecule has 0 amide bonds. The Bertz CT molecular complexity index is 952. The van der Waals surface area contributed by atoms with Gasteiger partial charge in [-0.05, 0) is 61.6 Å². The van der Waals surface area contributed by atoms with Crippen molar-refractivity contribution in [1.29, 1.82) is 0 Å². The molecule has 2 aromatic rings. The summed E-state index contributed by atoms with van der Waals surface area (Å²) >= 11 is 0. The van der Waals surface area contributed by atoms with E-state index in [0.29, 0.717) is 24.5 Å². The van der Waals surface area contributed by atoms with Crippen molar-refractivity contribution in [3.05, 3.63) is 59.8 Å². The van der Waals surface area contributed by atoms with Gasteiger partial charge in [-0.15, -0.1) is 0 Å². The number of pyridine rings is 1. The van der Waals surface area contributed by atoms with E-state index in [1.807, 2.05) is 25.1 Å². The highest BCUT2D eigenvalue weighted by Crippen LogP contribution is 2.36. The van der Waals surface area contributed by atoms with Crippen LogP contribution >= 0.6 is 0 Å². The Balaban J connectivity index is 1.76. The van der Waals surface area contributed by atoms with E-state index in [9.17, 15) is 13.2 Å². The van der Waals surface area contributed by atoms with Gasteiger partial charge in [0.1, 0.15) is 17.5 Å². The first kappa shape index (κ1) is 17.7. The number of fused-ring (bicyclic) bond motifs is 1. The van der Waals surface area contributed by atoms with E-state index in [0.717, 1.165) is 34.3 Å². The van der Waals surface area contributed by atoms with Crippen LogP contribution in [0.3, 0.4) is 0 Å². The second kappa shape index (κ2) is 6.48. The van der Waals surface area contributed by atoms with Crippen LogP contribution in [0.15, 0.2) is 48.6 Å². The summed E-state index contributed by atoms with van der Waals surface area (Å²) in [4.78, 5) is 8.96. The quantitative estimate of drug-likeness (QED) is 0.806. The molecule has 0 aromatic carbocycles. The number of aryl methyl sites for hydroxylation is 1. The van der Waals surface area contributed by atoms with Crippen LogP contribution < -0.4 is 5.32 Å². The average Bonchev–Trinajstić information content (AvgIpc) is 3.00. The molecule has 0 spiro atoms. The lowest BCUT2D eigenvalue weighted by Crippen LogP contribution is -2.50. The monoisotopic (exact) mass is 374 g/mol. The number of nitrogens with one attached hydrogen (secondary N) is 2. The van der Waals surface area contributed by atoms with Crippen molar-refractivity contribution in [2.45, 2.75) is 38.4 Å². The Kier molecular flexibility index (Phi) is 4.25. The van der Waals surface area contributed by atoms with E-state index in [2.05, 4.69) is 21.9 Å². The van der Waals surface area contributed by atoms with E-state index in [-0.39, 0.29) is 6.42 Å². The van der Waals surface area contributed by atoms with Crippen molar-refractivity contribution >= 4 is 16.6 Å². The molecule has 7 heteroatoms. The van der Waals surface area contributed by atoms with E-state index >= 15 is 0 Å². The van der Waals surface area contributed by atoms with Gasteiger partial charge in [0.2, 0.25) is 0 Å². The first-order chi connectivity index (χ1) is 12.8. The minimum atomic E-state index is -4.26. The highest BCUT2D eigenvalue weighted by atomic mass is 19.4. The van der Waals surface area contributed by atoms with Crippen LogP contribution in [-0.4, -0.2) is 33.6 Å². The Morgan fingerprint density at radius 2 is 2.07 bits per heavy atom. The van der Waals surface area contributed by atoms with Crippen molar-refractivity contribution in [3.8, 4) is 0 Å². The number of rotatable bonds is 2. The van der Waals surface area contributed by atoms with Crippen molar-refractivity contribution in [2.75, 3.05) is 6.54 Å². The van der Waals surface area contributed by atoms with E-state index < -0.39 is 12.2 Å². The molecule has 0 bridgehead atoms. The summed E-state index contributed by atoms with van der Waals surface area (Å²) in [6.45, 7) is 6.27. The maximum absolute atomic E-state index is 13.5. The molecule has 142 valence electrons. The maximum Gasteiger partial charge on any atom is 0.408 e. The van der Waals surface area contributed by atoms with Crippen LogP contribution in [0, 0.1) is 6.92 Å². The second-order valence-corrected chi connectivity index (χ2v) is 7.10. The van der Waals surface area contributed by atoms with Gasteiger partial charge < -0.3 is 15.2 Å². The molecule has 0 aliphatic carbocycles. The zero-order valence-corrected chi connectivity index (χ0v) is 15.0. The van der Waals surface area contributed by atoms with Gasteiger partial charge in [0.05, 0.1) is 0 Å². The number of likely N-dealkylation sites (tertiary alicyclic amines) is 1. The largest absolute Gasteiger partial charge is 0.408 e. The minimum absolute atomic E-state index is 0.116. The van der Waals surface area contributed by atoms with Gasteiger partial charge in [-0.25, -0.2) is 4.98 Å². The van der Waals surface area contributed by atoms with Gasteiger partial charge in [-0.2, -0.15) is 13.2 Å². The Labute approximate surface area is 155 Å². The molecular weight excluding hydrogens is 353 g/mol. The first-order valence-electron chi connectivity index (χ1n) is 9.00. The lowest BCUT2D eigenvalue weighted by Gasteiger charge is -2.40. The summed E-state index contributed by atoms with van der Waals surface area (Å²) in [5.41, 5.74) is 4.06. The molecule has 4 nitrogen and oxygen atoms in total. The number of dihydropyridines is 1. The van der Waals surface area contributed by atoms with Gasteiger partial charge in [-0.3, -0.25) is 0 Å². The van der Waals surface area contributed by atoms with Crippen LogP contribution in [0.5, 0.6) is 0 Å². The summed E-state index contributed by atoms with van der Waals surface area (Å²) < 4.78 is 40.6. The minimum Gasteiger partial charge on any atom is -0.346 e. The molecule has 0 radical (unpaired) electrons. The predicted molar refractivity (Wildman–Crippen MR) is 99.6 cm³/mol. The lowest BCUT2D eigenvalue weighted by atomic mass is 9.98. The topological polar surface area (TPSA) is 44.0 Å². The molecule has 2 N–H and O–H groups in total. The number of hydrogen-bond acceptors (Lipinski definition) is 3. The van der Waals surface area contributed by atoms with Gasteiger partial charge in [-0.1, -0.05) is 6.58 Å². The number of H-pyrrole nitrogens is 1. The molecule has 2 aromatic heterocycles. The third kappa shape index (κ3) is 3.34. The van der Waals surface area contributed by atoms with Gasteiger partial charge in [0.15, 0.2) is 0 Å². The standard InChI is InChI=1S/C20H21F3N4/c1-12-9-14(15-6-7-24-19-16(15)10-13(2)26-19)11-18(25-12)27-8-4-3-5-17(27)20(21,22)23/h6-7,9-11,17,25H,1,3-5,8H2,2H3,(H,24,26). The number of allylic oxidation sites excluding steroid dienone is 3. The Morgan fingerprint density at radius 3 is 2.85 bits per heavy atom. The Hall–Kier alpha value is -2.70. The number of halogens is 3. The van der Waals surface area contributed by atoms with Crippen LogP contribution in [0.4, 0.5) is 13.2 Å². The number of aromatic amines is 1. The van der Waals surface area contributed by atoms with Crippen LogP contribution in [0.2, 0.25) is 0 Å². The van der Waals surface area contributed by atoms with Gasteiger partial charge in [0, 0.05) is 29.5 Å². The number of hydrogen-bond donors (Lipinski definition) is 2. The van der Waals surface area contributed by atoms with Crippen molar-refractivity contribution in [2.24, 2.45) is 0 Å². The zero-order chi connectivity index (χ0) is 19.2. The first-order valence-corrected chi connectivity index (χ1v) is 9.00. The number of aromatic nitrogens is 2. The summed E-state index contributed by atoms with van der Waals surface area (Å²) in [5, 5.41) is 3.98. The fourth-order valence-corrected chi connectivity index (χ4v) is 3.89. The van der Waals surface area contributed by atoms with Gasteiger partial charge in [0.25, 0.3) is 0 Å². The van der Waals surface area contributed by atoms with Gasteiger partial charge >= 0.3 is 6.18 Å². The molecule has 2 aliphatic rings. The zero-order valence-electron chi connectivity index (χ0n) is 15.0. The number of alkyl halides is 3. The summed E-state index contributed by atoms with van der Waals surface area (Å²) in [7, 11) is 0. The predicted octanol–water partition coefficient (Wildman–Crippen LogP) is 4.63. The molecule has 0 saturated carbocycles. The summed E-state index contributed by atoms with van der Waals surface area (Å²) in [6.07, 6.45) is 2.53. The molecule has 1 fully saturated rings. The third-order valence-electron chi connectivity index (χ3n) is 5.08. The highest BCUT2D eigenvalue weighted by Gasteiger charge is 2.45. The lowest BCUT2D eigenvalue weighted by molar-refractivity contribution is -0.186. The van der Waals surface area contributed by atoms with Crippen LogP contribution in [0.1, 0.15) is 30.5 Å². The molecule has 27 heavy (non-hydrogen) atoms. The molecule has 1 unspecified atom stereocenters. The fourth-order valence-electron chi connectivity index (χ4n) is 3.89. The molecule has 4 heterocycles. The average molecular weight is 374 g/mol. The fraction of sp³-hybridized carbons (Fsp3) is 0.350. The second-order valence-electron chi connectivity index (χ2n) is 7.10. The van der Waals surface area contributed by atoms with Crippen LogP contribution in [-0.2, 0) is 0 Å². The Morgan fingerprint density at radius 1 is 1.26 bits per heavy atom. The van der Waals surface area contributed by atoms with Crippen molar-refractivity contribution < 1.29 is 13.2 Å². The SMILES string of the molecule is C=C1C=C(c2ccnc3[nH]c(C)cc23)C=C(N2CCCCC2C(F)(F)F)N1. The summed E-state index contributed by atoms with van der Waals surface area (Å²) in [5.74, 6) is 0.455. The summed E-state index contributed by atoms with van der Waals surface area (Å²) in [6, 6.07) is 2.41. The van der Waals surface area contributed by atoms with E-state index in [4.69, 9.17) is 0 Å². The highest BCUT2D eigenvalue weighted by molar-refractivity contribution is 5.94. The van der Waals surface area contributed by atoms with Crippen molar-refractivity contribution in [1.82, 2.24) is 20.2 Å². The number of nitrogens with zero attached hydrogens (tertiary/aromatic N) is 2. The van der Waals surface area contributed by atoms with E-state index in [1.165, 1.54) is 4.90 Å².